The number of ketones is 1. The fraction of sp³-hybridized carbons (Fsp3) is 0.409. The number of carbonyl (C=O) groups excluding carboxylic acids is 5. The van der Waals surface area contributed by atoms with E-state index in [2.05, 4.69) is 0 Å². The standard InChI is InChI=1S/C22H21ClN2O7/c1-11(17(26)14-9-5-6-10-32-14)15(22(30)31-2)24-18(23)16(21(24)29)25-19(27)12-7-3-4-8-13(12)20(25)28/h3-4,7-8,14,16,18H,5-6,9-10H2,1-2H3/t14-,16-,18+/m1/s1. The van der Waals surface area contributed by atoms with Gasteiger partial charge in [-0.05, 0) is 38.3 Å². The van der Waals surface area contributed by atoms with Gasteiger partial charge in [-0.25, -0.2) is 4.79 Å². The van der Waals surface area contributed by atoms with Crippen LogP contribution < -0.4 is 0 Å². The average molecular weight is 461 g/mol. The lowest BCUT2D eigenvalue weighted by atomic mass is 9.96. The van der Waals surface area contributed by atoms with Crippen LogP contribution in [-0.2, 0) is 23.9 Å². The second-order valence-corrected chi connectivity index (χ2v) is 8.18. The number of methoxy groups -OCH3 is 1. The number of alkyl halides is 1. The summed E-state index contributed by atoms with van der Waals surface area (Å²) in [5.41, 5.74) is -1.23. The van der Waals surface area contributed by atoms with Crippen molar-refractivity contribution >= 4 is 41.1 Å². The molecule has 2 saturated heterocycles. The number of fused-ring (bicyclic) bond motifs is 1. The van der Waals surface area contributed by atoms with Crippen LogP contribution in [-0.4, -0.2) is 70.6 Å². The second-order valence-electron chi connectivity index (χ2n) is 7.74. The van der Waals surface area contributed by atoms with Crippen LogP contribution in [0.5, 0.6) is 0 Å². The lowest BCUT2D eigenvalue weighted by Crippen LogP contribution is -2.69. The number of benzene rings is 1. The first kappa shape index (κ1) is 22.2. The van der Waals surface area contributed by atoms with E-state index in [-0.39, 0.29) is 22.4 Å². The van der Waals surface area contributed by atoms with Gasteiger partial charge in [0.05, 0.1) is 18.2 Å². The molecule has 1 aromatic rings. The molecule has 0 spiro atoms. The Balaban J connectivity index is 1.64. The van der Waals surface area contributed by atoms with Crippen LogP contribution in [0, 0.1) is 0 Å². The molecule has 9 nitrogen and oxygen atoms in total. The third-order valence-corrected chi connectivity index (χ3v) is 6.35. The van der Waals surface area contributed by atoms with E-state index in [0.29, 0.717) is 13.0 Å². The van der Waals surface area contributed by atoms with Gasteiger partial charge in [0.1, 0.15) is 17.3 Å². The molecule has 0 aromatic heterocycles. The van der Waals surface area contributed by atoms with E-state index in [1.54, 1.807) is 12.1 Å². The monoisotopic (exact) mass is 460 g/mol. The molecule has 0 aliphatic carbocycles. The zero-order valence-electron chi connectivity index (χ0n) is 17.5. The highest BCUT2D eigenvalue weighted by molar-refractivity contribution is 6.31. The molecule has 2 fully saturated rings. The number of nitrogens with zero attached hydrogens (tertiary/aromatic N) is 2. The number of Topliss-reactive ketones (excluding diaryl/α,β-unsaturated/α-hetero) is 1. The predicted octanol–water partition coefficient (Wildman–Crippen LogP) is 1.64. The SMILES string of the molecule is COC(=O)C(=C(C)C(=O)[C@H]1CCCCO1)N1C(=O)[C@H](N2C(=O)c3ccccc3C2=O)[C@H]1Cl. The summed E-state index contributed by atoms with van der Waals surface area (Å²) in [5, 5.41) is 0. The van der Waals surface area contributed by atoms with E-state index < -0.39 is 47.1 Å². The van der Waals surface area contributed by atoms with Crippen LogP contribution in [0.25, 0.3) is 0 Å². The predicted molar refractivity (Wildman–Crippen MR) is 111 cm³/mol. The van der Waals surface area contributed by atoms with Gasteiger partial charge in [0.15, 0.2) is 11.8 Å². The summed E-state index contributed by atoms with van der Waals surface area (Å²) in [6, 6.07) is 4.90. The summed E-state index contributed by atoms with van der Waals surface area (Å²) in [4.78, 5) is 65.7. The number of carbonyl (C=O) groups is 5. The number of halogens is 1. The molecule has 3 aliphatic rings. The molecule has 0 bridgehead atoms. The van der Waals surface area contributed by atoms with Crippen molar-refractivity contribution in [3.63, 3.8) is 0 Å². The number of esters is 1. The molecule has 3 aliphatic heterocycles. The number of hydrogen-bond acceptors (Lipinski definition) is 7. The van der Waals surface area contributed by atoms with Crippen molar-refractivity contribution in [1.29, 1.82) is 0 Å². The molecular weight excluding hydrogens is 440 g/mol. The molecule has 0 unspecified atom stereocenters. The van der Waals surface area contributed by atoms with E-state index in [0.717, 1.165) is 29.8 Å². The van der Waals surface area contributed by atoms with Crippen LogP contribution in [0.1, 0.15) is 46.9 Å². The third-order valence-electron chi connectivity index (χ3n) is 5.92. The number of ether oxygens (including phenoxy) is 2. The lowest BCUT2D eigenvalue weighted by Gasteiger charge is -2.46. The molecule has 10 heteroatoms. The van der Waals surface area contributed by atoms with Crippen molar-refractivity contribution in [2.24, 2.45) is 0 Å². The van der Waals surface area contributed by atoms with Crippen LogP contribution in [0.3, 0.4) is 0 Å². The van der Waals surface area contributed by atoms with Gasteiger partial charge < -0.3 is 9.47 Å². The Hall–Kier alpha value is -3.04. The second kappa shape index (κ2) is 8.48. The Morgan fingerprint density at radius 2 is 1.72 bits per heavy atom. The highest BCUT2D eigenvalue weighted by Gasteiger charge is 2.58. The molecule has 3 heterocycles. The maximum Gasteiger partial charge on any atom is 0.355 e. The number of β-lactam (4-membered cyclic amide) rings is 1. The first-order valence-corrected chi connectivity index (χ1v) is 10.6. The van der Waals surface area contributed by atoms with Crippen LogP contribution in [0.2, 0.25) is 0 Å². The van der Waals surface area contributed by atoms with Crippen LogP contribution >= 0.6 is 11.6 Å². The number of rotatable bonds is 5. The van der Waals surface area contributed by atoms with Gasteiger partial charge in [0.2, 0.25) is 0 Å². The molecule has 4 rings (SSSR count). The molecule has 0 N–H and O–H groups in total. The molecule has 3 amide bonds. The summed E-state index contributed by atoms with van der Waals surface area (Å²) in [6.45, 7) is 1.83. The molecular formula is C22H21ClN2O7. The van der Waals surface area contributed by atoms with E-state index in [1.807, 2.05) is 0 Å². The van der Waals surface area contributed by atoms with Gasteiger partial charge in [0.25, 0.3) is 17.7 Å². The minimum atomic E-state index is -1.31. The Bertz CT molecular complexity index is 1030. The van der Waals surface area contributed by atoms with Crippen molar-refractivity contribution in [2.75, 3.05) is 13.7 Å². The maximum absolute atomic E-state index is 13.1. The molecule has 0 saturated carbocycles. The summed E-state index contributed by atoms with van der Waals surface area (Å²) in [7, 11) is 1.12. The molecule has 1 aromatic carbocycles. The van der Waals surface area contributed by atoms with Gasteiger partial charge in [-0.1, -0.05) is 23.7 Å². The van der Waals surface area contributed by atoms with E-state index in [4.69, 9.17) is 21.1 Å². The zero-order chi connectivity index (χ0) is 23.2. The van der Waals surface area contributed by atoms with Crippen molar-refractivity contribution in [3.8, 4) is 0 Å². The number of likely N-dealkylation sites (tertiary alicyclic amines) is 1. The van der Waals surface area contributed by atoms with E-state index in [1.165, 1.54) is 19.1 Å². The maximum atomic E-state index is 13.1. The number of imide groups is 1. The molecule has 0 radical (unpaired) electrons. The van der Waals surface area contributed by atoms with Crippen LogP contribution in [0.4, 0.5) is 0 Å². The summed E-state index contributed by atoms with van der Waals surface area (Å²) in [6.07, 6.45) is 1.42. The summed E-state index contributed by atoms with van der Waals surface area (Å²) in [5.74, 6) is -3.39. The van der Waals surface area contributed by atoms with Crippen molar-refractivity contribution in [2.45, 2.75) is 43.8 Å². The quantitative estimate of drug-likeness (QED) is 0.164. The Kier molecular flexibility index (Phi) is 5.87. The molecule has 168 valence electrons. The number of amides is 3. The first-order chi connectivity index (χ1) is 15.3. The fourth-order valence-electron chi connectivity index (χ4n) is 4.20. The highest BCUT2D eigenvalue weighted by atomic mass is 35.5. The van der Waals surface area contributed by atoms with Gasteiger partial charge in [-0.2, -0.15) is 0 Å². The normalized spacial score (nSPS) is 25.8. The minimum Gasteiger partial charge on any atom is -0.464 e. The summed E-state index contributed by atoms with van der Waals surface area (Å²) < 4.78 is 10.3. The lowest BCUT2D eigenvalue weighted by molar-refractivity contribution is -0.153. The smallest absolute Gasteiger partial charge is 0.355 e. The first-order valence-electron chi connectivity index (χ1n) is 10.2. The van der Waals surface area contributed by atoms with Gasteiger partial charge in [-0.3, -0.25) is 29.0 Å². The number of hydrogen-bond donors (Lipinski definition) is 0. The van der Waals surface area contributed by atoms with Crippen molar-refractivity contribution < 1.29 is 33.4 Å². The molecule has 3 atom stereocenters. The van der Waals surface area contributed by atoms with Gasteiger partial charge in [-0.15, -0.1) is 0 Å². The zero-order valence-corrected chi connectivity index (χ0v) is 18.3. The topological polar surface area (TPSA) is 110 Å². The Labute approximate surface area is 188 Å². The van der Waals surface area contributed by atoms with Gasteiger partial charge in [0, 0.05) is 12.2 Å². The fourth-order valence-corrected chi connectivity index (χ4v) is 4.62. The largest absolute Gasteiger partial charge is 0.464 e. The molecule has 32 heavy (non-hydrogen) atoms. The van der Waals surface area contributed by atoms with Gasteiger partial charge >= 0.3 is 5.97 Å². The van der Waals surface area contributed by atoms with Crippen LogP contribution in [0.15, 0.2) is 35.5 Å². The van der Waals surface area contributed by atoms with Crippen molar-refractivity contribution in [3.05, 3.63) is 46.7 Å². The highest BCUT2D eigenvalue weighted by Crippen LogP contribution is 2.38. The third kappa shape index (κ3) is 3.32. The van der Waals surface area contributed by atoms with E-state index >= 15 is 0 Å². The Morgan fingerprint density at radius 3 is 2.22 bits per heavy atom. The average Bonchev–Trinajstić information content (AvgIpc) is 3.07. The van der Waals surface area contributed by atoms with Crippen molar-refractivity contribution in [1.82, 2.24) is 9.80 Å². The van der Waals surface area contributed by atoms with E-state index in [9.17, 15) is 24.0 Å². The Morgan fingerprint density at radius 1 is 1.09 bits per heavy atom. The summed E-state index contributed by atoms with van der Waals surface area (Å²) >= 11 is 6.43. The minimum absolute atomic E-state index is 0.0245.